The normalized spacial score (nSPS) is 17.5. The highest BCUT2D eigenvalue weighted by molar-refractivity contribution is 6.30. The molecule has 1 aliphatic heterocycles. The van der Waals surface area contributed by atoms with E-state index in [1.54, 1.807) is 31.2 Å². The third-order valence-corrected chi connectivity index (χ3v) is 3.62. The number of hydrogen-bond donors (Lipinski definition) is 1. The fraction of sp³-hybridized carbons (Fsp3) is 0.533. The standard InChI is InChI=1S/C15H20ClNO3/c1-11(20-14-4-2-3-13(16)9-14)15(18)17-10-12-5-7-19-8-6-12/h2-4,9,11-12H,5-8,10H2,1H3,(H,17,18). The molecule has 0 aliphatic carbocycles. The zero-order chi connectivity index (χ0) is 14.4. The Hall–Kier alpha value is -1.26. The molecule has 1 aliphatic rings. The summed E-state index contributed by atoms with van der Waals surface area (Å²) in [5.41, 5.74) is 0. The smallest absolute Gasteiger partial charge is 0.260 e. The van der Waals surface area contributed by atoms with Crippen LogP contribution in [0.4, 0.5) is 0 Å². The molecule has 0 spiro atoms. The lowest BCUT2D eigenvalue weighted by atomic mass is 10.0. The Kier molecular flexibility index (Phi) is 5.68. The maximum absolute atomic E-state index is 12.0. The van der Waals surface area contributed by atoms with Crippen LogP contribution >= 0.6 is 11.6 Å². The number of halogens is 1. The van der Waals surface area contributed by atoms with E-state index in [9.17, 15) is 4.79 Å². The van der Waals surface area contributed by atoms with Crippen LogP contribution in [-0.4, -0.2) is 31.8 Å². The van der Waals surface area contributed by atoms with E-state index in [4.69, 9.17) is 21.1 Å². The predicted octanol–water partition coefficient (Wildman–Crippen LogP) is 2.65. The summed E-state index contributed by atoms with van der Waals surface area (Å²) in [6.45, 7) is 4.00. The van der Waals surface area contributed by atoms with Crippen molar-refractivity contribution in [2.75, 3.05) is 19.8 Å². The van der Waals surface area contributed by atoms with Gasteiger partial charge in [0.05, 0.1) is 0 Å². The SMILES string of the molecule is CC(Oc1cccc(Cl)c1)C(=O)NCC1CCOCC1. The van der Waals surface area contributed by atoms with Gasteiger partial charge in [-0.3, -0.25) is 4.79 Å². The van der Waals surface area contributed by atoms with Gasteiger partial charge < -0.3 is 14.8 Å². The van der Waals surface area contributed by atoms with Gasteiger partial charge in [-0.2, -0.15) is 0 Å². The molecule has 1 heterocycles. The maximum atomic E-state index is 12.0. The van der Waals surface area contributed by atoms with E-state index < -0.39 is 6.10 Å². The molecule has 110 valence electrons. The van der Waals surface area contributed by atoms with Gasteiger partial charge in [-0.1, -0.05) is 17.7 Å². The van der Waals surface area contributed by atoms with Crippen LogP contribution in [0.1, 0.15) is 19.8 Å². The van der Waals surface area contributed by atoms with E-state index >= 15 is 0 Å². The topological polar surface area (TPSA) is 47.6 Å². The highest BCUT2D eigenvalue weighted by Crippen LogP contribution is 2.18. The second-order valence-corrected chi connectivity index (χ2v) is 5.45. The van der Waals surface area contributed by atoms with Gasteiger partial charge in [0.25, 0.3) is 5.91 Å². The van der Waals surface area contributed by atoms with E-state index in [2.05, 4.69) is 5.32 Å². The number of amides is 1. The van der Waals surface area contributed by atoms with Crippen LogP contribution in [0.15, 0.2) is 24.3 Å². The highest BCUT2D eigenvalue weighted by atomic mass is 35.5. The zero-order valence-electron chi connectivity index (χ0n) is 11.6. The summed E-state index contributed by atoms with van der Waals surface area (Å²) in [7, 11) is 0. The fourth-order valence-electron chi connectivity index (χ4n) is 2.14. The summed E-state index contributed by atoms with van der Waals surface area (Å²) in [6, 6.07) is 7.05. The molecule has 1 fully saturated rings. The minimum Gasteiger partial charge on any atom is -0.481 e. The van der Waals surface area contributed by atoms with Gasteiger partial charge in [0.1, 0.15) is 5.75 Å². The van der Waals surface area contributed by atoms with Crippen LogP contribution in [0.5, 0.6) is 5.75 Å². The van der Waals surface area contributed by atoms with E-state index in [1.807, 2.05) is 0 Å². The van der Waals surface area contributed by atoms with Crippen LogP contribution in [0.3, 0.4) is 0 Å². The first-order valence-electron chi connectivity index (χ1n) is 6.93. The molecule has 1 aromatic rings. The lowest BCUT2D eigenvalue weighted by Crippen LogP contribution is -2.39. The Morgan fingerprint density at radius 2 is 2.25 bits per heavy atom. The minimum absolute atomic E-state index is 0.100. The van der Waals surface area contributed by atoms with Gasteiger partial charge in [-0.05, 0) is 43.9 Å². The van der Waals surface area contributed by atoms with E-state index in [1.165, 1.54) is 0 Å². The minimum atomic E-state index is -0.534. The zero-order valence-corrected chi connectivity index (χ0v) is 12.4. The molecule has 1 N–H and O–H groups in total. The van der Waals surface area contributed by atoms with Crippen molar-refractivity contribution >= 4 is 17.5 Å². The largest absolute Gasteiger partial charge is 0.481 e. The molecular weight excluding hydrogens is 278 g/mol. The van der Waals surface area contributed by atoms with Crippen LogP contribution in [0, 0.1) is 5.92 Å². The monoisotopic (exact) mass is 297 g/mol. The number of hydrogen-bond acceptors (Lipinski definition) is 3. The molecule has 1 saturated heterocycles. The molecule has 1 amide bonds. The van der Waals surface area contributed by atoms with Crippen molar-refractivity contribution in [3.05, 3.63) is 29.3 Å². The number of carbonyl (C=O) groups is 1. The molecule has 2 rings (SSSR count). The summed E-state index contributed by atoms with van der Waals surface area (Å²) in [6.07, 6.45) is 1.47. The number of nitrogens with one attached hydrogen (secondary N) is 1. The summed E-state index contributed by atoms with van der Waals surface area (Å²) in [5, 5.41) is 3.53. The molecule has 4 nitrogen and oxygen atoms in total. The lowest BCUT2D eigenvalue weighted by Gasteiger charge is -2.23. The maximum Gasteiger partial charge on any atom is 0.260 e. The Balaban J connectivity index is 1.76. The first-order chi connectivity index (χ1) is 9.65. The van der Waals surface area contributed by atoms with Gasteiger partial charge in [0.15, 0.2) is 6.10 Å². The van der Waals surface area contributed by atoms with Crippen molar-refractivity contribution < 1.29 is 14.3 Å². The van der Waals surface area contributed by atoms with Gasteiger partial charge in [-0.25, -0.2) is 0 Å². The van der Waals surface area contributed by atoms with Crippen LogP contribution < -0.4 is 10.1 Å². The summed E-state index contributed by atoms with van der Waals surface area (Å²) in [4.78, 5) is 12.0. The first-order valence-corrected chi connectivity index (χ1v) is 7.30. The summed E-state index contributed by atoms with van der Waals surface area (Å²) < 4.78 is 10.9. The van der Waals surface area contributed by atoms with Gasteiger partial charge in [-0.15, -0.1) is 0 Å². The first kappa shape index (κ1) is 15.1. The quantitative estimate of drug-likeness (QED) is 0.909. The average Bonchev–Trinajstić information content (AvgIpc) is 2.46. The molecular formula is C15H20ClNO3. The summed E-state index contributed by atoms with van der Waals surface area (Å²) in [5.74, 6) is 1.01. The van der Waals surface area contributed by atoms with Crippen molar-refractivity contribution in [3.63, 3.8) is 0 Å². The fourth-order valence-corrected chi connectivity index (χ4v) is 2.32. The van der Waals surface area contributed by atoms with Gasteiger partial charge in [0.2, 0.25) is 0 Å². The predicted molar refractivity (Wildman–Crippen MR) is 78.1 cm³/mol. The van der Waals surface area contributed by atoms with E-state index in [0.29, 0.717) is 23.2 Å². The van der Waals surface area contributed by atoms with Crippen molar-refractivity contribution in [3.8, 4) is 5.75 Å². The molecule has 5 heteroatoms. The molecule has 1 unspecified atom stereocenters. The van der Waals surface area contributed by atoms with Crippen molar-refractivity contribution in [2.24, 2.45) is 5.92 Å². The molecule has 20 heavy (non-hydrogen) atoms. The van der Waals surface area contributed by atoms with E-state index in [0.717, 1.165) is 26.1 Å². The molecule has 0 bridgehead atoms. The average molecular weight is 298 g/mol. The molecule has 0 saturated carbocycles. The van der Waals surface area contributed by atoms with Crippen molar-refractivity contribution in [1.82, 2.24) is 5.32 Å². The van der Waals surface area contributed by atoms with Crippen LogP contribution in [0.2, 0.25) is 5.02 Å². The number of benzene rings is 1. The third kappa shape index (κ3) is 4.69. The molecule has 0 aromatic heterocycles. The van der Waals surface area contributed by atoms with E-state index in [-0.39, 0.29) is 5.91 Å². The van der Waals surface area contributed by atoms with Crippen LogP contribution in [-0.2, 0) is 9.53 Å². The van der Waals surface area contributed by atoms with Crippen molar-refractivity contribution in [1.29, 1.82) is 0 Å². The number of carbonyl (C=O) groups excluding carboxylic acids is 1. The highest BCUT2D eigenvalue weighted by Gasteiger charge is 2.18. The Labute approximate surface area is 124 Å². The lowest BCUT2D eigenvalue weighted by molar-refractivity contribution is -0.127. The Bertz CT molecular complexity index is 446. The summed E-state index contributed by atoms with van der Waals surface area (Å²) >= 11 is 5.88. The van der Waals surface area contributed by atoms with Crippen LogP contribution in [0.25, 0.3) is 0 Å². The van der Waals surface area contributed by atoms with Gasteiger partial charge >= 0.3 is 0 Å². The third-order valence-electron chi connectivity index (χ3n) is 3.38. The van der Waals surface area contributed by atoms with Crippen molar-refractivity contribution in [2.45, 2.75) is 25.9 Å². The number of ether oxygens (including phenoxy) is 2. The molecule has 0 radical (unpaired) electrons. The molecule has 1 aromatic carbocycles. The Morgan fingerprint density at radius 1 is 1.50 bits per heavy atom. The molecule has 1 atom stereocenters. The number of rotatable bonds is 5. The second kappa shape index (κ2) is 7.50. The van der Waals surface area contributed by atoms with Gasteiger partial charge in [0, 0.05) is 24.8 Å². The second-order valence-electron chi connectivity index (χ2n) is 5.02. The Morgan fingerprint density at radius 3 is 2.95 bits per heavy atom.